The maximum Gasteiger partial charge on any atom is 0.266 e. The summed E-state index contributed by atoms with van der Waals surface area (Å²) in [4.78, 5) is 30.6. The van der Waals surface area contributed by atoms with Crippen molar-refractivity contribution in [1.82, 2.24) is 20.6 Å². The standard InChI is InChI=1S/C23H21FN4O3S/c1-3-22(29)26-14-16-8-9-25-20(12-16)17-10-15(2)11-18(13-17)23(30)27-28-32(31)21-7-5-4-6-19(21)24/h3-13,28H,1,14H2,2H3,(H,26,29)(H,27,30). The first-order valence-electron chi connectivity index (χ1n) is 9.57. The Balaban J connectivity index is 1.75. The van der Waals surface area contributed by atoms with Crippen molar-refractivity contribution in [3.05, 3.63) is 96.0 Å². The molecule has 0 aliphatic carbocycles. The number of hydrazine groups is 1. The average molecular weight is 453 g/mol. The lowest BCUT2D eigenvalue weighted by atomic mass is 10.0. The van der Waals surface area contributed by atoms with Crippen LogP contribution in [-0.4, -0.2) is 21.0 Å². The van der Waals surface area contributed by atoms with Crippen LogP contribution in [0.5, 0.6) is 0 Å². The van der Waals surface area contributed by atoms with Gasteiger partial charge >= 0.3 is 0 Å². The van der Waals surface area contributed by atoms with Crippen molar-refractivity contribution in [2.75, 3.05) is 0 Å². The molecule has 164 valence electrons. The van der Waals surface area contributed by atoms with E-state index in [2.05, 4.69) is 27.1 Å². The predicted octanol–water partition coefficient (Wildman–Crippen LogP) is 2.96. The lowest BCUT2D eigenvalue weighted by Crippen LogP contribution is -2.38. The van der Waals surface area contributed by atoms with E-state index in [-0.39, 0.29) is 10.8 Å². The molecule has 0 saturated heterocycles. The van der Waals surface area contributed by atoms with Gasteiger partial charge in [-0.05, 0) is 66.6 Å². The Kier molecular flexibility index (Phi) is 7.58. The van der Waals surface area contributed by atoms with Crippen LogP contribution in [0.3, 0.4) is 0 Å². The number of pyridine rings is 1. The maximum absolute atomic E-state index is 13.8. The van der Waals surface area contributed by atoms with Crippen LogP contribution in [-0.2, 0) is 22.3 Å². The number of carbonyl (C=O) groups excluding carboxylic acids is 2. The fourth-order valence-corrected chi connectivity index (χ4v) is 3.62. The summed E-state index contributed by atoms with van der Waals surface area (Å²) in [5.41, 5.74) is 5.62. The molecule has 3 rings (SSSR count). The summed E-state index contributed by atoms with van der Waals surface area (Å²) in [7, 11) is -1.96. The Labute approximate surface area is 187 Å². The summed E-state index contributed by atoms with van der Waals surface area (Å²) in [5.74, 6) is -1.45. The van der Waals surface area contributed by atoms with Crippen LogP contribution in [0.1, 0.15) is 21.5 Å². The number of rotatable bonds is 8. The lowest BCUT2D eigenvalue weighted by Gasteiger charge is -2.11. The van der Waals surface area contributed by atoms with E-state index in [1.165, 1.54) is 24.3 Å². The molecule has 0 spiro atoms. The Hall–Kier alpha value is -3.69. The maximum atomic E-state index is 13.8. The van der Waals surface area contributed by atoms with E-state index >= 15 is 0 Å². The highest BCUT2D eigenvalue weighted by atomic mass is 32.2. The zero-order chi connectivity index (χ0) is 23.1. The van der Waals surface area contributed by atoms with Crippen molar-refractivity contribution < 1.29 is 18.2 Å². The SMILES string of the molecule is C=CC(=O)NCc1ccnc(-c2cc(C)cc(C(=O)NNS(=O)c3ccccc3F)c2)c1. The summed E-state index contributed by atoms with van der Waals surface area (Å²) in [6.45, 7) is 5.56. The fraction of sp³-hybridized carbons (Fsp3) is 0.0870. The van der Waals surface area contributed by atoms with Gasteiger partial charge in [-0.2, -0.15) is 0 Å². The summed E-state index contributed by atoms with van der Waals surface area (Å²) < 4.78 is 26.0. The molecule has 3 aromatic rings. The summed E-state index contributed by atoms with van der Waals surface area (Å²) in [6.07, 6.45) is 2.81. The molecule has 7 nitrogen and oxygen atoms in total. The number of nitrogens with one attached hydrogen (secondary N) is 3. The van der Waals surface area contributed by atoms with Crippen LogP contribution < -0.4 is 15.6 Å². The van der Waals surface area contributed by atoms with Gasteiger partial charge < -0.3 is 5.32 Å². The zero-order valence-electron chi connectivity index (χ0n) is 17.2. The number of benzene rings is 2. The highest BCUT2D eigenvalue weighted by Crippen LogP contribution is 2.21. The van der Waals surface area contributed by atoms with Gasteiger partial charge in [0, 0.05) is 23.9 Å². The smallest absolute Gasteiger partial charge is 0.266 e. The Bertz CT molecular complexity index is 1200. The van der Waals surface area contributed by atoms with E-state index in [1.54, 1.807) is 30.5 Å². The zero-order valence-corrected chi connectivity index (χ0v) is 18.0. The number of halogens is 1. The van der Waals surface area contributed by atoms with Crippen molar-refractivity contribution in [3.63, 3.8) is 0 Å². The number of amides is 2. The number of carbonyl (C=O) groups is 2. The van der Waals surface area contributed by atoms with Crippen LogP contribution in [0.25, 0.3) is 11.3 Å². The molecule has 1 aromatic heterocycles. The summed E-state index contributed by atoms with van der Waals surface area (Å²) in [5, 5.41) is 2.70. The van der Waals surface area contributed by atoms with E-state index in [1.807, 2.05) is 19.1 Å². The predicted molar refractivity (Wildman–Crippen MR) is 120 cm³/mol. The van der Waals surface area contributed by atoms with Gasteiger partial charge in [-0.25, -0.2) is 8.60 Å². The number of nitrogens with zero attached hydrogens (tertiary/aromatic N) is 1. The van der Waals surface area contributed by atoms with Crippen molar-refractivity contribution in [2.24, 2.45) is 0 Å². The molecular formula is C23H21FN4O3S. The second kappa shape index (κ2) is 10.6. The largest absolute Gasteiger partial charge is 0.348 e. The normalized spacial score (nSPS) is 11.4. The second-order valence-electron chi connectivity index (χ2n) is 6.81. The molecule has 3 N–H and O–H groups in total. The van der Waals surface area contributed by atoms with Gasteiger partial charge in [0.15, 0.2) is 0 Å². The van der Waals surface area contributed by atoms with Gasteiger partial charge in [0.05, 0.1) is 10.6 Å². The van der Waals surface area contributed by atoms with Gasteiger partial charge in [0.2, 0.25) is 5.91 Å². The van der Waals surface area contributed by atoms with E-state index in [9.17, 15) is 18.2 Å². The molecule has 0 radical (unpaired) electrons. The minimum atomic E-state index is -1.96. The number of hydrogen-bond acceptors (Lipinski definition) is 4. The molecule has 1 unspecified atom stereocenters. The molecule has 0 aliphatic heterocycles. The third-order valence-corrected chi connectivity index (χ3v) is 5.42. The van der Waals surface area contributed by atoms with Crippen LogP contribution in [0.2, 0.25) is 0 Å². The molecule has 9 heteroatoms. The molecule has 0 bridgehead atoms. The number of aryl methyl sites for hydroxylation is 1. The highest BCUT2D eigenvalue weighted by molar-refractivity contribution is 7.83. The minimum absolute atomic E-state index is 0.0673. The van der Waals surface area contributed by atoms with Gasteiger partial charge in [-0.1, -0.05) is 18.7 Å². The van der Waals surface area contributed by atoms with E-state index in [0.29, 0.717) is 23.4 Å². The highest BCUT2D eigenvalue weighted by Gasteiger charge is 2.13. The fourth-order valence-electron chi connectivity index (χ4n) is 2.88. The first kappa shape index (κ1) is 23.0. The Morgan fingerprint density at radius 3 is 2.69 bits per heavy atom. The monoisotopic (exact) mass is 452 g/mol. The van der Waals surface area contributed by atoms with Gasteiger partial charge in [-0.15, -0.1) is 4.83 Å². The Morgan fingerprint density at radius 2 is 1.94 bits per heavy atom. The number of aromatic nitrogens is 1. The molecule has 0 aliphatic rings. The molecular weight excluding hydrogens is 431 g/mol. The van der Waals surface area contributed by atoms with E-state index < -0.39 is 22.7 Å². The molecule has 0 fully saturated rings. The van der Waals surface area contributed by atoms with Crippen LogP contribution in [0.4, 0.5) is 4.39 Å². The van der Waals surface area contributed by atoms with Crippen molar-refractivity contribution in [2.45, 2.75) is 18.4 Å². The average Bonchev–Trinajstić information content (AvgIpc) is 2.80. The van der Waals surface area contributed by atoms with Crippen molar-refractivity contribution >= 4 is 22.8 Å². The van der Waals surface area contributed by atoms with Gasteiger partial charge in [-0.3, -0.25) is 20.0 Å². The third-order valence-electron chi connectivity index (χ3n) is 4.41. The van der Waals surface area contributed by atoms with Crippen molar-refractivity contribution in [1.29, 1.82) is 0 Å². The Morgan fingerprint density at radius 1 is 1.16 bits per heavy atom. The molecule has 2 amide bonds. The quantitative estimate of drug-likeness (QED) is 0.361. The van der Waals surface area contributed by atoms with Crippen LogP contribution >= 0.6 is 0 Å². The number of hydrogen-bond donors (Lipinski definition) is 3. The first-order chi connectivity index (χ1) is 15.4. The molecule has 1 atom stereocenters. The van der Waals surface area contributed by atoms with Crippen LogP contribution in [0.15, 0.2) is 78.3 Å². The molecule has 0 saturated carbocycles. The van der Waals surface area contributed by atoms with Crippen LogP contribution in [0, 0.1) is 12.7 Å². The molecule has 1 heterocycles. The van der Waals surface area contributed by atoms with E-state index in [4.69, 9.17) is 0 Å². The minimum Gasteiger partial charge on any atom is -0.348 e. The van der Waals surface area contributed by atoms with Crippen molar-refractivity contribution in [3.8, 4) is 11.3 Å². The lowest BCUT2D eigenvalue weighted by molar-refractivity contribution is -0.116. The van der Waals surface area contributed by atoms with E-state index in [0.717, 1.165) is 11.1 Å². The topological polar surface area (TPSA) is 100 Å². The summed E-state index contributed by atoms with van der Waals surface area (Å²) in [6, 6.07) is 14.4. The second-order valence-corrected chi connectivity index (χ2v) is 8.00. The van der Waals surface area contributed by atoms with Gasteiger partial charge in [0.1, 0.15) is 16.8 Å². The third kappa shape index (κ3) is 5.93. The molecule has 2 aromatic carbocycles. The van der Waals surface area contributed by atoms with Gasteiger partial charge in [0.25, 0.3) is 5.91 Å². The molecule has 32 heavy (non-hydrogen) atoms. The first-order valence-corrected chi connectivity index (χ1v) is 10.7. The summed E-state index contributed by atoms with van der Waals surface area (Å²) >= 11 is 0.